The first-order valence-corrected chi connectivity index (χ1v) is 10.3. The maximum Gasteiger partial charge on any atom is 0.408 e. The number of rotatable bonds is 7. The van der Waals surface area contributed by atoms with E-state index in [-0.39, 0.29) is 6.61 Å². The van der Waals surface area contributed by atoms with Crippen LogP contribution in [0.5, 0.6) is 0 Å². The molecule has 4 saturated carbocycles. The zero-order valence-corrected chi connectivity index (χ0v) is 16.3. The fourth-order valence-electron chi connectivity index (χ4n) is 5.69. The first-order chi connectivity index (χ1) is 13.9. The van der Waals surface area contributed by atoms with Gasteiger partial charge in [-0.25, -0.2) is 9.59 Å². The number of benzene rings is 1. The minimum Gasteiger partial charge on any atom is -0.480 e. The molecule has 0 radical (unpaired) electrons. The van der Waals surface area contributed by atoms with Crippen molar-refractivity contribution in [1.29, 1.82) is 0 Å². The third kappa shape index (κ3) is 4.71. The standard InChI is InChI=1S/C22H27NO6/c24-19(28-13-14-4-2-1-3-5-14)9-18(20(25)26)23-21(27)29-22-10-15-6-16(11-22)8-17(7-15)12-22/h1-5,15-18H,6-13H2,(H,23,27)(H,25,26)/t15?,16?,17?,18-,22?/m0/s1. The van der Waals surface area contributed by atoms with Crippen molar-refractivity contribution in [2.75, 3.05) is 0 Å². The Kier molecular flexibility index (Phi) is 5.48. The largest absolute Gasteiger partial charge is 0.480 e. The number of nitrogens with one attached hydrogen (secondary N) is 1. The molecule has 0 heterocycles. The summed E-state index contributed by atoms with van der Waals surface area (Å²) in [5, 5.41) is 11.8. The van der Waals surface area contributed by atoms with Crippen LogP contribution in [-0.4, -0.2) is 34.8 Å². The van der Waals surface area contributed by atoms with E-state index in [1.54, 1.807) is 0 Å². The van der Waals surface area contributed by atoms with Gasteiger partial charge in [-0.15, -0.1) is 0 Å². The van der Waals surface area contributed by atoms with Crippen LogP contribution in [0, 0.1) is 17.8 Å². The van der Waals surface area contributed by atoms with Gasteiger partial charge < -0.3 is 19.9 Å². The summed E-state index contributed by atoms with van der Waals surface area (Å²) in [7, 11) is 0. The van der Waals surface area contributed by atoms with Gasteiger partial charge >= 0.3 is 18.0 Å². The monoisotopic (exact) mass is 401 g/mol. The van der Waals surface area contributed by atoms with E-state index in [0.717, 1.165) is 24.8 Å². The molecule has 0 spiro atoms. The van der Waals surface area contributed by atoms with Gasteiger partial charge in [-0.05, 0) is 61.8 Å². The highest BCUT2D eigenvalue weighted by atomic mass is 16.6. The zero-order chi connectivity index (χ0) is 20.4. The summed E-state index contributed by atoms with van der Waals surface area (Å²) in [5.41, 5.74) is 0.345. The Morgan fingerprint density at radius 3 is 2.17 bits per heavy atom. The van der Waals surface area contributed by atoms with Gasteiger partial charge in [0.05, 0.1) is 6.42 Å². The molecular formula is C22H27NO6. The molecule has 29 heavy (non-hydrogen) atoms. The van der Waals surface area contributed by atoms with Crippen molar-refractivity contribution < 1.29 is 29.0 Å². The lowest BCUT2D eigenvalue weighted by Crippen LogP contribution is -2.55. The molecule has 5 rings (SSSR count). The molecule has 0 aliphatic heterocycles. The SMILES string of the molecule is O=C(C[C@H](NC(=O)OC12CC3CC(CC(C3)C1)C2)C(=O)O)OCc1ccccc1. The van der Waals surface area contributed by atoms with Crippen LogP contribution in [0.3, 0.4) is 0 Å². The summed E-state index contributed by atoms with van der Waals surface area (Å²) < 4.78 is 10.9. The van der Waals surface area contributed by atoms with Crippen LogP contribution in [0.1, 0.15) is 50.5 Å². The number of alkyl carbamates (subject to hydrolysis) is 1. The molecular weight excluding hydrogens is 374 g/mol. The molecule has 2 N–H and O–H groups in total. The van der Waals surface area contributed by atoms with Gasteiger partial charge in [0.25, 0.3) is 0 Å². The molecule has 7 nitrogen and oxygen atoms in total. The predicted molar refractivity (Wildman–Crippen MR) is 103 cm³/mol. The smallest absolute Gasteiger partial charge is 0.408 e. The van der Waals surface area contributed by atoms with Crippen LogP contribution in [0.4, 0.5) is 4.79 Å². The number of hydrogen-bond acceptors (Lipinski definition) is 5. The number of aliphatic carboxylic acids is 1. The lowest BCUT2D eigenvalue weighted by molar-refractivity contribution is -0.151. The van der Waals surface area contributed by atoms with Crippen LogP contribution in [0.15, 0.2) is 30.3 Å². The lowest BCUT2D eigenvalue weighted by atomic mass is 9.54. The maximum atomic E-state index is 12.5. The molecule has 4 fully saturated rings. The Bertz CT molecular complexity index is 741. The average molecular weight is 401 g/mol. The predicted octanol–water partition coefficient (Wildman–Crippen LogP) is 3.27. The molecule has 1 amide bonds. The fraction of sp³-hybridized carbons (Fsp3) is 0.591. The van der Waals surface area contributed by atoms with Crippen molar-refractivity contribution in [2.45, 2.75) is 63.2 Å². The number of carbonyl (C=O) groups excluding carboxylic acids is 2. The summed E-state index contributed by atoms with van der Waals surface area (Å²) >= 11 is 0. The van der Waals surface area contributed by atoms with Gasteiger partial charge in [0.1, 0.15) is 18.2 Å². The fourth-order valence-corrected chi connectivity index (χ4v) is 5.69. The van der Waals surface area contributed by atoms with Crippen molar-refractivity contribution in [2.24, 2.45) is 17.8 Å². The first-order valence-electron chi connectivity index (χ1n) is 10.3. The van der Waals surface area contributed by atoms with Crippen molar-refractivity contribution >= 4 is 18.0 Å². The van der Waals surface area contributed by atoms with Crippen LogP contribution in [-0.2, 0) is 25.7 Å². The van der Waals surface area contributed by atoms with Gasteiger partial charge in [-0.3, -0.25) is 4.79 Å². The van der Waals surface area contributed by atoms with Gasteiger partial charge in [-0.1, -0.05) is 30.3 Å². The summed E-state index contributed by atoms with van der Waals surface area (Å²) in [6, 6.07) is 7.74. The van der Waals surface area contributed by atoms with E-state index in [1.165, 1.54) is 19.3 Å². The van der Waals surface area contributed by atoms with Crippen molar-refractivity contribution in [1.82, 2.24) is 5.32 Å². The number of amides is 1. The number of ether oxygens (including phenoxy) is 2. The molecule has 1 aromatic carbocycles. The van der Waals surface area contributed by atoms with Crippen molar-refractivity contribution in [3.05, 3.63) is 35.9 Å². The van der Waals surface area contributed by atoms with E-state index >= 15 is 0 Å². The van der Waals surface area contributed by atoms with Crippen LogP contribution in [0.25, 0.3) is 0 Å². The number of hydrogen-bond donors (Lipinski definition) is 2. The lowest BCUT2D eigenvalue weighted by Gasteiger charge is -2.55. The highest BCUT2D eigenvalue weighted by molar-refractivity contribution is 5.85. The minimum absolute atomic E-state index is 0.0593. The number of carboxylic acids is 1. The Labute approximate surface area is 169 Å². The van der Waals surface area contributed by atoms with E-state index in [0.29, 0.717) is 17.8 Å². The minimum atomic E-state index is -1.38. The molecule has 156 valence electrons. The second-order valence-corrected chi connectivity index (χ2v) is 8.88. The molecule has 4 bridgehead atoms. The van der Waals surface area contributed by atoms with E-state index < -0.39 is 36.1 Å². The topological polar surface area (TPSA) is 102 Å². The maximum absolute atomic E-state index is 12.5. The van der Waals surface area contributed by atoms with E-state index in [4.69, 9.17) is 9.47 Å². The molecule has 0 aromatic heterocycles. The quantitative estimate of drug-likeness (QED) is 0.680. The molecule has 0 saturated heterocycles. The number of esters is 1. The second-order valence-electron chi connectivity index (χ2n) is 8.88. The summed E-state index contributed by atoms with van der Waals surface area (Å²) in [5.74, 6) is -0.146. The highest BCUT2D eigenvalue weighted by Crippen LogP contribution is 2.57. The highest BCUT2D eigenvalue weighted by Gasteiger charge is 2.53. The molecule has 1 aromatic rings. The number of carbonyl (C=O) groups is 3. The third-order valence-corrected chi connectivity index (χ3v) is 6.49. The van der Waals surface area contributed by atoms with Gasteiger partial charge in [-0.2, -0.15) is 0 Å². The van der Waals surface area contributed by atoms with E-state index in [2.05, 4.69) is 5.32 Å². The molecule has 7 heteroatoms. The van der Waals surface area contributed by atoms with E-state index in [1.807, 2.05) is 30.3 Å². The normalized spacial score (nSPS) is 30.4. The van der Waals surface area contributed by atoms with Gasteiger partial charge in [0.2, 0.25) is 0 Å². The number of carboxylic acid groups (broad SMARTS) is 1. The average Bonchev–Trinajstić information content (AvgIpc) is 2.65. The third-order valence-electron chi connectivity index (χ3n) is 6.49. The zero-order valence-electron chi connectivity index (χ0n) is 16.3. The van der Waals surface area contributed by atoms with Crippen LogP contribution >= 0.6 is 0 Å². The first kappa shape index (κ1) is 19.7. The second kappa shape index (κ2) is 8.05. The Balaban J connectivity index is 1.29. The van der Waals surface area contributed by atoms with Gasteiger partial charge in [0.15, 0.2) is 0 Å². The Morgan fingerprint density at radius 1 is 1.03 bits per heavy atom. The van der Waals surface area contributed by atoms with Crippen LogP contribution < -0.4 is 5.32 Å². The van der Waals surface area contributed by atoms with Crippen molar-refractivity contribution in [3.63, 3.8) is 0 Å². The van der Waals surface area contributed by atoms with E-state index in [9.17, 15) is 19.5 Å². The molecule has 0 unspecified atom stereocenters. The van der Waals surface area contributed by atoms with Gasteiger partial charge in [0, 0.05) is 0 Å². The molecule has 1 atom stereocenters. The molecule has 4 aliphatic rings. The van der Waals surface area contributed by atoms with Crippen molar-refractivity contribution in [3.8, 4) is 0 Å². The molecule has 4 aliphatic carbocycles. The summed E-state index contributed by atoms with van der Waals surface area (Å²) in [4.78, 5) is 36.0. The Morgan fingerprint density at radius 2 is 1.62 bits per heavy atom. The summed E-state index contributed by atoms with van der Waals surface area (Å²) in [6.07, 6.45) is 5.04. The Hall–Kier alpha value is -2.57. The summed E-state index contributed by atoms with van der Waals surface area (Å²) in [6.45, 7) is 0.0593. The van der Waals surface area contributed by atoms with Crippen LogP contribution in [0.2, 0.25) is 0 Å².